The molecule has 130 valence electrons. The number of hydrogen-bond acceptors (Lipinski definition) is 4. The molecule has 0 saturated carbocycles. The number of piperidine rings is 1. The fraction of sp³-hybridized carbons (Fsp3) is 0.733. The van der Waals surface area contributed by atoms with E-state index in [-0.39, 0.29) is 16.5 Å². The molecule has 1 N–H and O–H groups in total. The van der Waals surface area contributed by atoms with E-state index in [1.807, 2.05) is 6.92 Å². The molecule has 0 bridgehead atoms. The van der Waals surface area contributed by atoms with Crippen LogP contribution in [-0.2, 0) is 17.1 Å². The van der Waals surface area contributed by atoms with Crippen LogP contribution >= 0.6 is 0 Å². The number of aromatic nitrogens is 2. The zero-order valence-electron chi connectivity index (χ0n) is 14.1. The highest BCUT2D eigenvalue weighted by Gasteiger charge is 2.34. The quantitative estimate of drug-likeness (QED) is 0.791. The van der Waals surface area contributed by atoms with Gasteiger partial charge in [-0.25, -0.2) is 8.42 Å². The highest BCUT2D eigenvalue weighted by molar-refractivity contribution is 7.89. The largest absolute Gasteiger partial charge is 0.352 e. The molecule has 1 fully saturated rings. The molecule has 1 aliphatic heterocycles. The minimum atomic E-state index is -3.73. The standard InChI is InChI=1S/C15H26N4O3S/c1-4-5-8-16-14(20)13-11-18(3)17-15(13)23(21,22)19-9-6-12(2)7-10-19/h11-12H,4-10H2,1-3H3,(H,16,20). The van der Waals surface area contributed by atoms with Crippen LogP contribution in [0.2, 0.25) is 0 Å². The summed E-state index contributed by atoms with van der Waals surface area (Å²) in [5.41, 5.74) is 0.127. The Kier molecular flexibility index (Phi) is 5.80. The van der Waals surface area contributed by atoms with Gasteiger partial charge in [0.1, 0.15) is 0 Å². The van der Waals surface area contributed by atoms with Crippen molar-refractivity contribution in [1.29, 1.82) is 0 Å². The molecule has 1 aromatic rings. The van der Waals surface area contributed by atoms with Crippen LogP contribution in [-0.4, -0.2) is 48.0 Å². The van der Waals surface area contributed by atoms with Gasteiger partial charge < -0.3 is 5.32 Å². The van der Waals surface area contributed by atoms with Crippen molar-refractivity contribution < 1.29 is 13.2 Å². The predicted molar refractivity (Wildman–Crippen MR) is 87.6 cm³/mol. The van der Waals surface area contributed by atoms with Gasteiger partial charge in [0.25, 0.3) is 15.9 Å². The van der Waals surface area contributed by atoms with Crippen molar-refractivity contribution in [1.82, 2.24) is 19.4 Å². The predicted octanol–water partition coefficient (Wildman–Crippen LogP) is 1.37. The summed E-state index contributed by atoms with van der Waals surface area (Å²) in [4.78, 5) is 12.3. The van der Waals surface area contributed by atoms with Crippen LogP contribution in [0.15, 0.2) is 11.2 Å². The fourth-order valence-electron chi connectivity index (χ4n) is 2.64. The number of unbranched alkanes of at least 4 members (excludes halogenated alkanes) is 1. The normalized spacial score (nSPS) is 17.3. The second kappa shape index (κ2) is 7.44. The maximum absolute atomic E-state index is 12.8. The average molecular weight is 342 g/mol. The SMILES string of the molecule is CCCCNC(=O)c1cn(C)nc1S(=O)(=O)N1CCC(C)CC1. The van der Waals surface area contributed by atoms with Crippen LogP contribution < -0.4 is 5.32 Å². The summed E-state index contributed by atoms with van der Waals surface area (Å²) in [7, 11) is -2.11. The van der Waals surface area contributed by atoms with Crippen LogP contribution in [0.3, 0.4) is 0 Å². The molecule has 1 saturated heterocycles. The van der Waals surface area contributed by atoms with Crippen molar-refractivity contribution in [3.63, 3.8) is 0 Å². The molecular formula is C15H26N4O3S. The third-order valence-electron chi connectivity index (χ3n) is 4.18. The van der Waals surface area contributed by atoms with Crippen LogP contribution in [0.4, 0.5) is 0 Å². The lowest BCUT2D eigenvalue weighted by atomic mass is 10.0. The Bertz CT molecular complexity index is 646. The molecule has 2 heterocycles. The molecule has 1 amide bonds. The first kappa shape index (κ1) is 17.9. The molecule has 23 heavy (non-hydrogen) atoms. The summed E-state index contributed by atoms with van der Waals surface area (Å²) in [6, 6.07) is 0. The molecule has 0 aromatic carbocycles. The van der Waals surface area contributed by atoms with Gasteiger partial charge in [0, 0.05) is 32.9 Å². The second-order valence-electron chi connectivity index (χ2n) is 6.22. The van der Waals surface area contributed by atoms with Gasteiger partial charge in [0.05, 0.1) is 5.56 Å². The summed E-state index contributed by atoms with van der Waals surface area (Å²) in [6.45, 7) is 5.65. The van der Waals surface area contributed by atoms with E-state index < -0.39 is 10.0 Å². The van der Waals surface area contributed by atoms with Gasteiger partial charge in [0.2, 0.25) is 5.03 Å². The third-order valence-corrected chi connectivity index (χ3v) is 6.02. The maximum atomic E-state index is 12.8. The van der Waals surface area contributed by atoms with E-state index in [4.69, 9.17) is 0 Å². The Morgan fingerprint density at radius 1 is 1.39 bits per heavy atom. The van der Waals surface area contributed by atoms with Crippen molar-refractivity contribution in [2.75, 3.05) is 19.6 Å². The van der Waals surface area contributed by atoms with Crippen LogP contribution in [0.5, 0.6) is 0 Å². The van der Waals surface area contributed by atoms with Crippen molar-refractivity contribution in [2.45, 2.75) is 44.6 Å². The summed E-state index contributed by atoms with van der Waals surface area (Å²) >= 11 is 0. The topological polar surface area (TPSA) is 84.3 Å². The van der Waals surface area contributed by atoms with Gasteiger partial charge in [-0.2, -0.15) is 9.40 Å². The number of sulfonamides is 1. The number of nitrogens with zero attached hydrogens (tertiary/aromatic N) is 3. The molecule has 0 unspecified atom stereocenters. The first-order chi connectivity index (χ1) is 10.9. The van der Waals surface area contributed by atoms with Gasteiger partial charge in [-0.15, -0.1) is 0 Å². The Labute approximate surface area is 138 Å². The number of carbonyl (C=O) groups excluding carboxylic acids is 1. The number of nitrogens with one attached hydrogen (secondary N) is 1. The Hall–Kier alpha value is -1.41. The molecule has 2 rings (SSSR count). The molecule has 0 spiro atoms. The van der Waals surface area contributed by atoms with Gasteiger partial charge in [-0.05, 0) is 25.2 Å². The van der Waals surface area contributed by atoms with Crippen LogP contribution in [0.25, 0.3) is 0 Å². The van der Waals surface area contributed by atoms with E-state index in [9.17, 15) is 13.2 Å². The highest BCUT2D eigenvalue weighted by atomic mass is 32.2. The summed E-state index contributed by atoms with van der Waals surface area (Å²) in [6.07, 6.45) is 4.97. The van der Waals surface area contributed by atoms with Crippen molar-refractivity contribution >= 4 is 15.9 Å². The second-order valence-corrected chi connectivity index (χ2v) is 8.07. The number of carbonyl (C=O) groups is 1. The Morgan fingerprint density at radius 3 is 2.65 bits per heavy atom. The zero-order valence-corrected chi connectivity index (χ0v) is 14.9. The van der Waals surface area contributed by atoms with Gasteiger partial charge >= 0.3 is 0 Å². The molecular weight excluding hydrogens is 316 g/mol. The minimum absolute atomic E-state index is 0.127. The minimum Gasteiger partial charge on any atom is -0.352 e. The summed E-state index contributed by atoms with van der Waals surface area (Å²) in [5, 5.41) is 6.68. The van der Waals surface area contributed by atoms with Crippen molar-refractivity contribution in [3.8, 4) is 0 Å². The first-order valence-electron chi connectivity index (χ1n) is 8.18. The first-order valence-corrected chi connectivity index (χ1v) is 9.62. The molecule has 8 heteroatoms. The Balaban J connectivity index is 2.23. The van der Waals surface area contributed by atoms with E-state index in [1.165, 1.54) is 15.2 Å². The molecule has 0 aliphatic carbocycles. The lowest BCUT2D eigenvalue weighted by Gasteiger charge is -2.28. The van der Waals surface area contributed by atoms with Crippen molar-refractivity contribution in [3.05, 3.63) is 11.8 Å². The van der Waals surface area contributed by atoms with Gasteiger partial charge in [0.15, 0.2) is 0 Å². The smallest absolute Gasteiger partial charge is 0.263 e. The van der Waals surface area contributed by atoms with Crippen LogP contribution in [0.1, 0.15) is 49.9 Å². The molecule has 1 aromatic heterocycles. The van der Waals surface area contributed by atoms with E-state index in [0.717, 1.165) is 25.7 Å². The van der Waals surface area contributed by atoms with E-state index >= 15 is 0 Å². The number of amides is 1. The molecule has 7 nitrogen and oxygen atoms in total. The summed E-state index contributed by atoms with van der Waals surface area (Å²) in [5.74, 6) is 0.150. The number of hydrogen-bond donors (Lipinski definition) is 1. The highest BCUT2D eigenvalue weighted by Crippen LogP contribution is 2.24. The van der Waals surface area contributed by atoms with E-state index in [2.05, 4.69) is 17.3 Å². The Morgan fingerprint density at radius 2 is 2.04 bits per heavy atom. The zero-order chi connectivity index (χ0) is 17.0. The van der Waals surface area contributed by atoms with Crippen molar-refractivity contribution in [2.24, 2.45) is 13.0 Å². The lowest BCUT2D eigenvalue weighted by molar-refractivity contribution is 0.0949. The third kappa shape index (κ3) is 4.11. The number of rotatable bonds is 6. The molecule has 1 aliphatic rings. The van der Waals surface area contributed by atoms with Gasteiger partial charge in [-0.3, -0.25) is 9.48 Å². The number of aryl methyl sites for hydroxylation is 1. The average Bonchev–Trinajstić information content (AvgIpc) is 2.91. The van der Waals surface area contributed by atoms with Crippen LogP contribution in [0, 0.1) is 5.92 Å². The van der Waals surface area contributed by atoms with E-state index in [1.54, 1.807) is 7.05 Å². The monoisotopic (exact) mass is 342 g/mol. The molecule has 0 atom stereocenters. The van der Waals surface area contributed by atoms with E-state index in [0.29, 0.717) is 25.6 Å². The fourth-order valence-corrected chi connectivity index (χ4v) is 4.23. The maximum Gasteiger partial charge on any atom is 0.263 e. The lowest BCUT2D eigenvalue weighted by Crippen LogP contribution is -2.39. The molecule has 0 radical (unpaired) electrons. The van der Waals surface area contributed by atoms with Gasteiger partial charge in [-0.1, -0.05) is 20.3 Å². The summed E-state index contributed by atoms with van der Waals surface area (Å²) < 4.78 is 28.5.